The maximum Gasteiger partial charge on any atom is 0.138 e. The van der Waals surface area contributed by atoms with Crippen molar-refractivity contribution in [2.45, 2.75) is 65.2 Å². The lowest BCUT2D eigenvalue weighted by Crippen LogP contribution is -3.05. The fourth-order valence-corrected chi connectivity index (χ4v) is 3.26. The first kappa shape index (κ1) is 14.6. The average Bonchev–Trinajstić information content (AvgIpc) is 2.33. The summed E-state index contributed by atoms with van der Waals surface area (Å²) in [6.07, 6.45) is 2.47. The molecule has 1 N–H and O–H groups in total. The van der Waals surface area contributed by atoms with E-state index in [1.165, 1.54) is 24.9 Å². The molecule has 1 nitrogen and oxygen atoms in total. The topological polar surface area (TPSA) is 4.44 Å². The minimum Gasteiger partial charge on any atom is -0.304 e. The van der Waals surface area contributed by atoms with Crippen LogP contribution in [0, 0.1) is 6.92 Å². The lowest BCUT2D eigenvalue weighted by molar-refractivity contribution is -0.814. The molecule has 1 unspecified atom stereocenters. The lowest BCUT2D eigenvalue weighted by Gasteiger charge is -2.39. The standard InChI is InChI=1S/C18H29N/c1-8-17(3,4)14-11-13(2)12-15-16(14)19(7)10-9-18(15,5)6/h11-12H,8-10H2,1-7H3/p+1. The molecule has 1 aromatic rings. The van der Waals surface area contributed by atoms with Crippen molar-refractivity contribution < 1.29 is 4.90 Å². The summed E-state index contributed by atoms with van der Waals surface area (Å²) in [5.41, 5.74) is 6.72. The first-order valence-corrected chi connectivity index (χ1v) is 7.67. The fourth-order valence-electron chi connectivity index (χ4n) is 3.26. The summed E-state index contributed by atoms with van der Waals surface area (Å²) >= 11 is 0. The van der Waals surface area contributed by atoms with Crippen LogP contribution < -0.4 is 4.90 Å². The summed E-state index contributed by atoms with van der Waals surface area (Å²) in [7, 11) is 2.33. The van der Waals surface area contributed by atoms with E-state index in [2.05, 4.69) is 60.7 Å². The van der Waals surface area contributed by atoms with Gasteiger partial charge in [-0.05, 0) is 30.9 Å². The van der Waals surface area contributed by atoms with Crippen molar-refractivity contribution in [2.75, 3.05) is 13.6 Å². The summed E-state index contributed by atoms with van der Waals surface area (Å²) in [6.45, 7) is 15.4. The number of hydrogen-bond donors (Lipinski definition) is 1. The molecule has 19 heavy (non-hydrogen) atoms. The summed E-state index contributed by atoms with van der Waals surface area (Å²) in [4.78, 5) is 1.59. The highest BCUT2D eigenvalue weighted by atomic mass is 15.1. The van der Waals surface area contributed by atoms with Gasteiger partial charge in [0.15, 0.2) is 0 Å². The van der Waals surface area contributed by atoms with Gasteiger partial charge in [-0.2, -0.15) is 0 Å². The molecule has 106 valence electrons. The zero-order valence-electron chi connectivity index (χ0n) is 13.8. The van der Waals surface area contributed by atoms with Crippen LogP contribution in [0.4, 0.5) is 5.69 Å². The Hall–Kier alpha value is -0.820. The Balaban J connectivity index is 2.73. The molecule has 0 spiro atoms. The van der Waals surface area contributed by atoms with Gasteiger partial charge in [-0.1, -0.05) is 40.2 Å². The molecule has 0 saturated heterocycles. The molecular formula is C18H30N+. The minimum atomic E-state index is 0.269. The van der Waals surface area contributed by atoms with Gasteiger partial charge in [0.05, 0.1) is 13.6 Å². The fraction of sp³-hybridized carbons (Fsp3) is 0.667. The molecule has 0 fully saturated rings. The van der Waals surface area contributed by atoms with Gasteiger partial charge >= 0.3 is 0 Å². The Kier molecular flexibility index (Phi) is 3.55. The molecule has 1 atom stereocenters. The molecule has 0 amide bonds. The predicted molar refractivity (Wildman–Crippen MR) is 83.6 cm³/mol. The normalized spacial score (nSPS) is 22.2. The Bertz CT molecular complexity index is 483. The number of rotatable bonds is 2. The zero-order valence-corrected chi connectivity index (χ0v) is 13.8. The SMILES string of the molecule is CCC(C)(C)c1cc(C)cc2c1[NH+](C)CCC2(C)C. The zero-order chi connectivity index (χ0) is 14.4. The maximum atomic E-state index is 2.42. The Morgan fingerprint density at radius 3 is 2.47 bits per heavy atom. The van der Waals surface area contributed by atoms with Crippen LogP contribution in [0.3, 0.4) is 0 Å². The summed E-state index contributed by atoms with van der Waals surface area (Å²) in [5.74, 6) is 0. The number of quaternary nitrogens is 1. The molecule has 0 bridgehead atoms. The molecule has 1 aromatic carbocycles. The van der Waals surface area contributed by atoms with Crippen LogP contribution in [0.25, 0.3) is 0 Å². The van der Waals surface area contributed by atoms with Crippen LogP contribution >= 0.6 is 0 Å². The van der Waals surface area contributed by atoms with Crippen molar-refractivity contribution in [1.29, 1.82) is 0 Å². The largest absolute Gasteiger partial charge is 0.304 e. The minimum absolute atomic E-state index is 0.269. The van der Waals surface area contributed by atoms with Gasteiger partial charge in [0.25, 0.3) is 0 Å². The third kappa shape index (κ3) is 2.45. The van der Waals surface area contributed by atoms with Gasteiger partial charge < -0.3 is 4.90 Å². The molecule has 1 aliphatic rings. The Morgan fingerprint density at radius 1 is 1.26 bits per heavy atom. The number of fused-ring (bicyclic) bond motifs is 1. The van der Waals surface area contributed by atoms with Crippen molar-refractivity contribution >= 4 is 5.69 Å². The molecule has 1 aliphatic heterocycles. The molecule has 0 radical (unpaired) electrons. The van der Waals surface area contributed by atoms with E-state index in [4.69, 9.17) is 0 Å². The number of hydrogen-bond acceptors (Lipinski definition) is 0. The quantitative estimate of drug-likeness (QED) is 0.830. The van der Waals surface area contributed by atoms with Crippen LogP contribution in [0.15, 0.2) is 12.1 Å². The van der Waals surface area contributed by atoms with E-state index >= 15 is 0 Å². The van der Waals surface area contributed by atoms with Crippen molar-refractivity contribution in [3.8, 4) is 0 Å². The second-order valence-corrected chi connectivity index (χ2v) is 7.64. The van der Waals surface area contributed by atoms with Gasteiger partial charge in [0, 0.05) is 23.0 Å². The van der Waals surface area contributed by atoms with Gasteiger partial charge in [-0.15, -0.1) is 0 Å². The van der Waals surface area contributed by atoms with Crippen LogP contribution in [-0.4, -0.2) is 13.6 Å². The molecular weight excluding hydrogens is 230 g/mol. The van der Waals surface area contributed by atoms with E-state index in [-0.39, 0.29) is 5.41 Å². The van der Waals surface area contributed by atoms with Crippen LogP contribution in [0.1, 0.15) is 64.2 Å². The van der Waals surface area contributed by atoms with E-state index < -0.39 is 0 Å². The molecule has 0 aromatic heterocycles. The third-order valence-corrected chi connectivity index (χ3v) is 5.18. The monoisotopic (exact) mass is 260 g/mol. The maximum absolute atomic E-state index is 2.42. The molecule has 1 heteroatoms. The van der Waals surface area contributed by atoms with Crippen LogP contribution in [0.2, 0.25) is 0 Å². The predicted octanol–water partition coefficient (Wildman–Crippen LogP) is 3.51. The second kappa shape index (κ2) is 4.63. The van der Waals surface area contributed by atoms with Crippen molar-refractivity contribution in [3.63, 3.8) is 0 Å². The highest BCUT2D eigenvalue weighted by molar-refractivity contribution is 5.56. The van der Waals surface area contributed by atoms with E-state index in [0.29, 0.717) is 5.41 Å². The van der Waals surface area contributed by atoms with Crippen molar-refractivity contribution in [1.82, 2.24) is 0 Å². The first-order valence-electron chi connectivity index (χ1n) is 7.67. The molecule has 2 rings (SSSR count). The van der Waals surface area contributed by atoms with E-state index in [1.54, 1.807) is 21.7 Å². The van der Waals surface area contributed by atoms with E-state index in [9.17, 15) is 0 Å². The highest BCUT2D eigenvalue weighted by Gasteiger charge is 2.38. The van der Waals surface area contributed by atoms with Gasteiger partial charge in [-0.25, -0.2) is 0 Å². The Morgan fingerprint density at radius 2 is 1.89 bits per heavy atom. The van der Waals surface area contributed by atoms with Gasteiger partial charge in [0.2, 0.25) is 0 Å². The second-order valence-electron chi connectivity index (χ2n) is 7.64. The number of benzene rings is 1. The smallest absolute Gasteiger partial charge is 0.138 e. The van der Waals surface area contributed by atoms with Crippen molar-refractivity contribution in [3.05, 3.63) is 28.8 Å². The van der Waals surface area contributed by atoms with E-state index in [0.717, 1.165) is 0 Å². The lowest BCUT2D eigenvalue weighted by atomic mass is 9.72. The summed E-state index contributed by atoms with van der Waals surface area (Å²) < 4.78 is 0. The van der Waals surface area contributed by atoms with E-state index in [1.807, 2.05) is 0 Å². The molecule has 0 aliphatic carbocycles. The van der Waals surface area contributed by atoms with Crippen LogP contribution in [0.5, 0.6) is 0 Å². The number of aryl methyl sites for hydroxylation is 1. The molecule has 0 saturated carbocycles. The third-order valence-electron chi connectivity index (χ3n) is 5.18. The highest BCUT2D eigenvalue weighted by Crippen LogP contribution is 2.41. The summed E-state index contributed by atoms with van der Waals surface area (Å²) in [6, 6.07) is 4.85. The first-order chi connectivity index (χ1) is 8.69. The van der Waals surface area contributed by atoms with Gasteiger partial charge in [0.1, 0.15) is 5.69 Å². The van der Waals surface area contributed by atoms with Gasteiger partial charge in [-0.3, -0.25) is 0 Å². The average molecular weight is 260 g/mol. The molecule has 1 heterocycles. The van der Waals surface area contributed by atoms with Crippen LogP contribution in [-0.2, 0) is 10.8 Å². The Labute approximate surface area is 119 Å². The number of nitrogens with one attached hydrogen (secondary N) is 1. The van der Waals surface area contributed by atoms with Crippen molar-refractivity contribution in [2.24, 2.45) is 0 Å². The summed E-state index contributed by atoms with van der Waals surface area (Å²) in [5, 5.41) is 0.